The molecule has 2 aromatic heterocycles. The van der Waals surface area contributed by atoms with Crippen LogP contribution in [0.3, 0.4) is 0 Å². The number of carbonyl (C=O) groups is 1. The standard InChI is InChI=1S/C33H37N3O5/c1-20-19-39-32(34-20)30-28-13-12-27(41-26-14-16-38-17-15-26)18-29(28)36(25-4-3-5-25)31(30)23-8-10-24(11-9-23)35-33(37)40-21(2)22-6-7-22/h8-13,18-19,21-22,25-26H,3-7,14-17H2,1-2H3,(H,35,37). The molecule has 3 fully saturated rings. The Bertz CT molecular complexity index is 1540. The first kappa shape index (κ1) is 26.1. The van der Waals surface area contributed by atoms with Gasteiger partial charge in [-0.05, 0) is 81.7 Å². The first-order valence-electron chi connectivity index (χ1n) is 15.0. The van der Waals surface area contributed by atoms with Crippen molar-refractivity contribution in [3.63, 3.8) is 0 Å². The molecule has 1 atom stereocenters. The molecule has 7 rings (SSSR count). The molecule has 3 heterocycles. The Labute approximate surface area is 240 Å². The molecule has 2 aliphatic carbocycles. The van der Waals surface area contributed by atoms with Crippen LogP contribution in [0.2, 0.25) is 0 Å². The van der Waals surface area contributed by atoms with E-state index in [0.29, 0.717) is 23.5 Å². The second-order valence-electron chi connectivity index (χ2n) is 11.7. The Balaban J connectivity index is 1.28. The van der Waals surface area contributed by atoms with E-state index in [-0.39, 0.29) is 12.2 Å². The number of nitrogens with zero attached hydrogens (tertiary/aromatic N) is 2. The van der Waals surface area contributed by atoms with Crippen molar-refractivity contribution >= 4 is 22.7 Å². The lowest BCUT2D eigenvalue weighted by Gasteiger charge is -2.30. The quantitative estimate of drug-likeness (QED) is 0.238. The number of hydrogen-bond donors (Lipinski definition) is 1. The maximum Gasteiger partial charge on any atom is 0.411 e. The Morgan fingerprint density at radius 3 is 2.49 bits per heavy atom. The maximum absolute atomic E-state index is 12.5. The monoisotopic (exact) mass is 555 g/mol. The number of anilines is 1. The minimum absolute atomic E-state index is 0.0559. The lowest BCUT2D eigenvalue weighted by molar-refractivity contribution is 0.0256. The lowest BCUT2D eigenvalue weighted by Crippen LogP contribution is -2.25. The SMILES string of the molecule is Cc1coc(-c2c(-c3ccc(NC(=O)OC(C)C4CC4)cc3)n(C3CCC3)c3cc(OC4CCOCC4)ccc23)n1. The molecule has 41 heavy (non-hydrogen) atoms. The van der Waals surface area contributed by atoms with Gasteiger partial charge in [-0.1, -0.05) is 12.1 Å². The van der Waals surface area contributed by atoms with Crippen molar-refractivity contribution < 1.29 is 23.4 Å². The van der Waals surface area contributed by atoms with Gasteiger partial charge in [0.2, 0.25) is 5.89 Å². The average molecular weight is 556 g/mol. The lowest BCUT2D eigenvalue weighted by atomic mass is 9.92. The molecule has 1 saturated heterocycles. The summed E-state index contributed by atoms with van der Waals surface area (Å²) < 4.78 is 26.0. The molecule has 1 aliphatic heterocycles. The Morgan fingerprint density at radius 1 is 1.05 bits per heavy atom. The van der Waals surface area contributed by atoms with Crippen LogP contribution in [0.1, 0.15) is 63.6 Å². The number of amides is 1. The smallest absolute Gasteiger partial charge is 0.411 e. The Hall–Kier alpha value is -3.78. The van der Waals surface area contributed by atoms with Crippen LogP contribution in [0.5, 0.6) is 5.75 Å². The number of nitrogens with one attached hydrogen (secondary N) is 1. The molecule has 1 unspecified atom stereocenters. The molecule has 0 spiro atoms. The van der Waals surface area contributed by atoms with Crippen molar-refractivity contribution in [2.75, 3.05) is 18.5 Å². The van der Waals surface area contributed by atoms with Crippen LogP contribution >= 0.6 is 0 Å². The normalized spacial score (nSPS) is 18.7. The van der Waals surface area contributed by atoms with E-state index in [1.54, 1.807) is 6.26 Å². The number of fused-ring (bicyclic) bond motifs is 1. The van der Waals surface area contributed by atoms with Crippen LogP contribution in [0.4, 0.5) is 10.5 Å². The Kier molecular flexibility index (Phi) is 6.95. The second-order valence-corrected chi connectivity index (χ2v) is 11.7. The summed E-state index contributed by atoms with van der Waals surface area (Å²) in [7, 11) is 0. The van der Waals surface area contributed by atoms with Gasteiger partial charge in [-0.15, -0.1) is 0 Å². The van der Waals surface area contributed by atoms with Gasteiger partial charge < -0.3 is 23.2 Å². The van der Waals surface area contributed by atoms with Crippen molar-refractivity contribution in [2.24, 2.45) is 5.92 Å². The molecule has 8 nitrogen and oxygen atoms in total. The number of rotatable bonds is 8. The number of carbonyl (C=O) groups excluding carboxylic acids is 1. The van der Waals surface area contributed by atoms with Crippen molar-refractivity contribution in [3.8, 4) is 28.5 Å². The van der Waals surface area contributed by atoms with E-state index in [0.717, 1.165) is 90.9 Å². The van der Waals surface area contributed by atoms with Gasteiger partial charge in [-0.25, -0.2) is 9.78 Å². The molecule has 0 radical (unpaired) electrons. The van der Waals surface area contributed by atoms with Crippen LogP contribution in [0.25, 0.3) is 33.6 Å². The fourth-order valence-electron chi connectivity index (χ4n) is 6.03. The Morgan fingerprint density at radius 2 is 1.83 bits per heavy atom. The molecule has 3 aliphatic rings. The first-order valence-corrected chi connectivity index (χ1v) is 15.0. The highest BCUT2D eigenvalue weighted by molar-refractivity contribution is 6.03. The maximum atomic E-state index is 12.5. The number of aryl methyl sites for hydroxylation is 1. The second kappa shape index (κ2) is 10.9. The van der Waals surface area contributed by atoms with Gasteiger partial charge in [0.15, 0.2) is 0 Å². The third kappa shape index (κ3) is 5.33. The van der Waals surface area contributed by atoms with Gasteiger partial charge in [0.25, 0.3) is 0 Å². The van der Waals surface area contributed by atoms with Gasteiger partial charge in [0.1, 0.15) is 24.2 Å². The molecule has 214 valence electrons. The van der Waals surface area contributed by atoms with E-state index < -0.39 is 6.09 Å². The fourth-order valence-corrected chi connectivity index (χ4v) is 6.03. The number of hydrogen-bond acceptors (Lipinski definition) is 6. The van der Waals surface area contributed by atoms with Crippen LogP contribution in [-0.4, -0.2) is 41.1 Å². The molecule has 2 aromatic carbocycles. The third-order valence-electron chi connectivity index (χ3n) is 8.70. The zero-order valence-electron chi connectivity index (χ0n) is 23.7. The van der Waals surface area contributed by atoms with Gasteiger partial charge in [-0.2, -0.15) is 0 Å². The number of ether oxygens (including phenoxy) is 3. The summed E-state index contributed by atoms with van der Waals surface area (Å²) in [6.07, 6.45) is 8.93. The summed E-state index contributed by atoms with van der Waals surface area (Å²) in [6, 6.07) is 14.8. The summed E-state index contributed by atoms with van der Waals surface area (Å²) in [6.45, 7) is 5.39. The van der Waals surface area contributed by atoms with Gasteiger partial charge in [0.05, 0.1) is 35.7 Å². The fraction of sp³-hybridized carbons (Fsp3) is 0.455. The minimum Gasteiger partial charge on any atom is -0.490 e. The van der Waals surface area contributed by atoms with E-state index in [1.165, 1.54) is 6.42 Å². The van der Waals surface area contributed by atoms with E-state index in [1.807, 2.05) is 26.0 Å². The van der Waals surface area contributed by atoms with E-state index >= 15 is 0 Å². The summed E-state index contributed by atoms with van der Waals surface area (Å²) in [4.78, 5) is 17.2. The number of oxazole rings is 1. The molecule has 4 aromatic rings. The molecule has 1 N–H and O–H groups in total. The van der Waals surface area contributed by atoms with Crippen molar-refractivity contribution in [1.29, 1.82) is 0 Å². The highest BCUT2D eigenvalue weighted by Gasteiger charge is 2.32. The van der Waals surface area contributed by atoms with E-state index in [2.05, 4.69) is 40.2 Å². The molecule has 2 saturated carbocycles. The summed E-state index contributed by atoms with van der Waals surface area (Å²) in [5.41, 5.74) is 5.76. The predicted molar refractivity (Wildman–Crippen MR) is 157 cm³/mol. The van der Waals surface area contributed by atoms with Crippen LogP contribution in [-0.2, 0) is 9.47 Å². The van der Waals surface area contributed by atoms with Crippen LogP contribution in [0, 0.1) is 12.8 Å². The highest BCUT2D eigenvalue weighted by Crippen LogP contribution is 2.47. The number of benzene rings is 2. The predicted octanol–water partition coefficient (Wildman–Crippen LogP) is 7.90. The zero-order valence-corrected chi connectivity index (χ0v) is 23.7. The minimum atomic E-state index is -0.409. The van der Waals surface area contributed by atoms with Crippen LogP contribution < -0.4 is 10.1 Å². The van der Waals surface area contributed by atoms with E-state index in [4.69, 9.17) is 23.6 Å². The van der Waals surface area contributed by atoms with Crippen molar-refractivity contribution in [3.05, 3.63) is 54.4 Å². The topological polar surface area (TPSA) is 87.8 Å². The van der Waals surface area contributed by atoms with Crippen LogP contribution in [0.15, 0.2) is 53.1 Å². The van der Waals surface area contributed by atoms with Gasteiger partial charge in [0, 0.05) is 36.0 Å². The molecule has 0 bridgehead atoms. The summed E-state index contributed by atoms with van der Waals surface area (Å²) >= 11 is 0. The number of aromatic nitrogens is 2. The average Bonchev–Trinajstić information content (AvgIpc) is 3.64. The van der Waals surface area contributed by atoms with E-state index in [9.17, 15) is 4.79 Å². The van der Waals surface area contributed by atoms with Crippen molar-refractivity contribution in [1.82, 2.24) is 9.55 Å². The molecular weight excluding hydrogens is 518 g/mol. The zero-order chi connectivity index (χ0) is 27.9. The van der Waals surface area contributed by atoms with Gasteiger partial charge in [-0.3, -0.25) is 5.32 Å². The first-order chi connectivity index (χ1) is 20.0. The van der Waals surface area contributed by atoms with Crippen molar-refractivity contribution in [2.45, 2.75) is 77.0 Å². The highest BCUT2D eigenvalue weighted by atomic mass is 16.6. The molecular formula is C33H37N3O5. The molecule has 1 amide bonds. The van der Waals surface area contributed by atoms with Gasteiger partial charge >= 0.3 is 6.09 Å². The third-order valence-corrected chi connectivity index (χ3v) is 8.70. The molecule has 8 heteroatoms. The summed E-state index contributed by atoms with van der Waals surface area (Å²) in [5.74, 6) is 1.98. The largest absolute Gasteiger partial charge is 0.490 e. The summed E-state index contributed by atoms with van der Waals surface area (Å²) in [5, 5.41) is 3.98.